The van der Waals surface area contributed by atoms with Crippen molar-refractivity contribution in [3.05, 3.63) is 35.4 Å². The summed E-state index contributed by atoms with van der Waals surface area (Å²) in [5, 5.41) is 2.99. The van der Waals surface area contributed by atoms with Crippen LogP contribution >= 0.6 is 0 Å². The van der Waals surface area contributed by atoms with Gasteiger partial charge in [-0.05, 0) is 59.1 Å². The van der Waals surface area contributed by atoms with Crippen LogP contribution in [0, 0.1) is 0 Å². The van der Waals surface area contributed by atoms with Crippen LogP contribution in [0.15, 0.2) is 24.3 Å². The maximum Gasteiger partial charge on any atom is 0.410 e. The number of carbonyl (C=O) groups excluding carboxylic acids is 2. The summed E-state index contributed by atoms with van der Waals surface area (Å²) >= 11 is 0. The lowest BCUT2D eigenvalue weighted by Crippen LogP contribution is -2.69. The Morgan fingerprint density at radius 1 is 1.00 bits per heavy atom. The van der Waals surface area contributed by atoms with Gasteiger partial charge in [0.15, 0.2) is 0 Å². The summed E-state index contributed by atoms with van der Waals surface area (Å²) < 4.78 is 10.9. The number of benzene rings is 1. The molecule has 1 aromatic rings. The molecule has 0 aromatic heterocycles. The van der Waals surface area contributed by atoms with E-state index in [0.29, 0.717) is 13.1 Å². The number of hydrogen-bond donors (Lipinski definition) is 1. The van der Waals surface area contributed by atoms with Crippen LogP contribution in [-0.4, -0.2) is 41.4 Å². The first-order valence-corrected chi connectivity index (χ1v) is 9.92. The molecule has 2 rings (SSSR count). The molecule has 28 heavy (non-hydrogen) atoms. The van der Waals surface area contributed by atoms with Crippen LogP contribution in [0.1, 0.15) is 66.0 Å². The Kier molecular flexibility index (Phi) is 6.31. The molecule has 0 spiro atoms. The predicted molar refractivity (Wildman–Crippen MR) is 109 cm³/mol. The highest BCUT2D eigenvalue weighted by atomic mass is 16.6. The summed E-state index contributed by atoms with van der Waals surface area (Å²) in [4.78, 5) is 26.4. The third kappa shape index (κ3) is 5.88. The van der Waals surface area contributed by atoms with Gasteiger partial charge in [0.2, 0.25) is 0 Å². The summed E-state index contributed by atoms with van der Waals surface area (Å²) in [6, 6.07) is 8.20. The van der Waals surface area contributed by atoms with Crippen molar-refractivity contribution in [2.45, 2.75) is 78.0 Å². The molecule has 1 heterocycles. The number of carbonyl (C=O) groups is 2. The van der Waals surface area contributed by atoms with Gasteiger partial charge in [-0.2, -0.15) is 0 Å². The van der Waals surface area contributed by atoms with Crippen LogP contribution in [0.25, 0.3) is 0 Å². The molecule has 156 valence electrons. The average Bonchev–Trinajstić information content (AvgIpc) is 2.48. The summed E-state index contributed by atoms with van der Waals surface area (Å²) in [6.07, 6.45) is 1.22. The fraction of sp³-hybridized carbons (Fsp3) is 0.636. The predicted octanol–water partition coefficient (Wildman–Crippen LogP) is 4.61. The van der Waals surface area contributed by atoms with Gasteiger partial charge >= 0.3 is 12.2 Å². The second-order valence-corrected chi connectivity index (χ2v) is 9.49. The number of ether oxygens (including phenoxy) is 2. The largest absolute Gasteiger partial charge is 0.444 e. The van der Waals surface area contributed by atoms with Crippen molar-refractivity contribution in [1.82, 2.24) is 10.2 Å². The Morgan fingerprint density at radius 2 is 1.54 bits per heavy atom. The highest BCUT2D eigenvalue weighted by Crippen LogP contribution is 2.34. The molecule has 0 saturated carbocycles. The second kappa shape index (κ2) is 8.02. The number of hydrogen-bond acceptors (Lipinski definition) is 4. The fourth-order valence-corrected chi connectivity index (χ4v) is 3.17. The Morgan fingerprint density at radius 3 is 2.00 bits per heavy atom. The fourth-order valence-electron chi connectivity index (χ4n) is 3.17. The van der Waals surface area contributed by atoms with E-state index in [-0.39, 0.29) is 6.09 Å². The minimum atomic E-state index is -0.677. The van der Waals surface area contributed by atoms with Gasteiger partial charge in [-0.15, -0.1) is 0 Å². The highest BCUT2D eigenvalue weighted by molar-refractivity contribution is 5.73. The number of aryl methyl sites for hydroxylation is 1. The van der Waals surface area contributed by atoms with E-state index in [9.17, 15) is 9.59 Å². The van der Waals surface area contributed by atoms with Gasteiger partial charge in [0.25, 0.3) is 0 Å². The van der Waals surface area contributed by atoms with Crippen LogP contribution in [0.4, 0.5) is 9.59 Å². The zero-order valence-electron chi connectivity index (χ0n) is 18.2. The van der Waals surface area contributed by atoms with E-state index in [4.69, 9.17) is 9.47 Å². The highest BCUT2D eigenvalue weighted by Gasteiger charge is 2.49. The molecule has 1 aliphatic rings. The minimum absolute atomic E-state index is 0.342. The molecule has 0 atom stereocenters. The van der Waals surface area contributed by atoms with E-state index in [2.05, 4.69) is 24.4 Å². The lowest BCUT2D eigenvalue weighted by molar-refractivity contribution is -0.0230. The molecule has 0 aliphatic carbocycles. The molecule has 6 heteroatoms. The monoisotopic (exact) mass is 390 g/mol. The molecule has 1 fully saturated rings. The van der Waals surface area contributed by atoms with Crippen molar-refractivity contribution >= 4 is 12.2 Å². The third-order valence-electron chi connectivity index (χ3n) is 4.36. The smallest absolute Gasteiger partial charge is 0.410 e. The summed E-state index contributed by atoms with van der Waals surface area (Å²) in [5.74, 6) is 0. The first-order valence-electron chi connectivity index (χ1n) is 9.92. The van der Waals surface area contributed by atoms with Crippen molar-refractivity contribution in [1.29, 1.82) is 0 Å². The third-order valence-corrected chi connectivity index (χ3v) is 4.36. The molecule has 1 aliphatic heterocycles. The molecular formula is C22H34N2O4. The minimum Gasteiger partial charge on any atom is -0.444 e. The van der Waals surface area contributed by atoms with Crippen molar-refractivity contribution in [3.63, 3.8) is 0 Å². The maximum absolute atomic E-state index is 12.4. The Hall–Kier alpha value is -2.24. The number of nitrogens with zero attached hydrogens (tertiary/aromatic N) is 1. The SMILES string of the molecule is CCCc1ccc(C2(NC(=O)OC(C)(C)C)CN(C(=O)OC(C)(C)C)C2)cc1. The van der Waals surface area contributed by atoms with Crippen LogP contribution in [-0.2, 0) is 21.4 Å². The van der Waals surface area contributed by atoms with Crippen molar-refractivity contribution in [2.24, 2.45) is 0 Å². The molecule has 0 radical (unpaired) electrons. The maximum atomic E-state index is 12.4. The van der Waals surface area contributed by atoms with Crippen LogP contribution < -0.4 is 5.32 Å². The average molecular weight is 391 g/mol. The first kappa shape index (κ1) is 22.1. The summed E-state index contributed by atoms with van der Waals surface area (Å²) in [7, 11) is 0. The number of alkyl carbamates (subject to hydrolysis) is 1. The van der Waals surface area contributed by atoms with Gasteiger partial charge in [-0.3, -0.25) is 0 Å². The number of nitrogens with one attached hydrogen (secondary N) is 1. The molecule has 1 saturated heterocycles. The van der Waals surface area contributed by atoms with Gasteiger partial charge in [0.1, 0.15) is 16.7 Å². The zero-order chi connectivity index (χ0) is 21.2. The number of likely N-dealkylation sites (tertiary alicyclic amines) is 1. The van der Waals surface area contributed by atoms with Crippen molar-refractivity contribution < 1.29 is 19.1 Å². The van der Waals surface area contributed by atoms with E-state index in [0.717, 1.165) is 18.4 Å². The van der Waals surface area contributed by atoms with E-state index >= 15 is 0 Å². The lowest BCUT2D eigenvalue weighted by atomic mass is 9.82. The normalized spacial score (nSPS) is 16.2. The Labute approximate surface area is 168 Å². The lowest BCUT2D eigenvalue weighted by Gasteiger charge is -2.50. The molecular weight excluding hydrogens is 356 g/mol. The van der Waals surface area contributed by atoms with Gasteiger partial charge in [-0.25, -0.2) is 9.59 Å². The molecule has 2 amide bonds. The second-order valence-electron chi connectivity index (χ2n) is 9.49. The molecule has 6 nitrogen and oxygen atoms in total. The molecule has 0 unspecified atom stereocenters. The first-order chi connectivity index (χ1) is 12.8. The van der Waals surface area contributed by atoms with Gasteiger partial charge < -0.3 is 19.7 Å². The van der Waals surface area contributed by atoms with Gasteiger partial charge in [-0.1, -0.05) is 37.6 Å². The van der Waals surface area contributed by atoms with Crippen LogP contribution in [0.2, 0.25) is 0 Å². The van der Waals surface area contributed by atoms with Crippen molar-refractivity contribution in [2.75, 3.05) is 13.1 Å². The van der Waals surface area contributed by atoms with Gasteiger partial charge in [0.05, 0.1) is 13.1 Å². The standard InChI is InChI=1S/C22H34N2O4/c1-8-9-16-10-12-17(13-11-16)22(23-18(25)27-20(2,3)4)14-24(15-22)19(26)28-21(5,6)7/h10-13H,8-9,14-15H2,1-7H3,(H,23,25). The number of rotatable bonds is 4. The zero-order valence-corrected chi connectivity index (χ0v) is 18.2. The quantitative estimate of drug-likeness (QED) is 0.815. The van der Waals surface area contributed by atoms with Crippen LogP contribution in [0.5, 0.6) is 0 Å². The van der Waals surface area contributed by atoms with Crippen LogP contribution in [0.3, 0.4) is 0 Å². The molecule has 0 bridgehead atoms. The van der Waals surface area contributed by atoms with E-state index in [1.54, 1.807) is 4.90 Å². The van der Waals surface area contributed by atoms with Gasteiger partial charge in [0, 0.05) is 0 Å². The Balaban J connectivity index is 2.18. The van der Waals surface area contributed by atoms with E-state index in [1.807, 2.05) is 53.7 Å². The van der Waals surface area contributed by atoms with E-state index < -0.39 is 22.8 Å². The molecule has 1 N–H and O–H groups in total. The topological polar surface area (TPSA) is 67.9 Å². The Bertz CT molecular complexity index is 693. The number of amides is 2. The summed E-state index contributed by atoms with van der Waals surface area (Å²) in [6.45, 7) is 13.8. The van der Waals surface area contributed by atoms with E-state index in [1.165, 1.54) is 5.56 Å². The molecule has 1 aromatic carbocycles. The summed E-state index contributed by atoms with van der Waals surface area (Å²) in [5.41, 5.74) is 0.380. The van der Waals surface area contributed by atoms with Crippen molar-refractivity contribution in [3.8, 4) is 0 Å².